The fourth-order valence-corrected chi connectivity index (χ4v) is 2.87. The molecule has 2 aliphatic rings. The van der Waals surface area contributed by atoms with Gasteiger partial charge in [-0.05, 0) is 25.7 Å². The van der Waals surface area contributed by atoms with Crippen molar-refractivity contribution in [2.24, 2.45) is 5.92 Å². The Hall–Kier alpha value is -1.10. The average Bonchev–Trinajstić information content (AvgIpc) is 2.37. The highest BCUT2D eigenvalue weighted by Crippen LogP contribution is 2.21. The van der Waals surface area contributed by atoms with Gasteiger partial charge < -0.3 is 0 Å². The highest BCUT2D eigenvalue weighted by molar-refractivity contribution is 5.87. The highest BCUT2D eigenvalue weighted by atomic mass is 16.2. The van der Waals surface area contributed by atoms with Crippen LogP contribution in [0.25, 0.3) is 0 Å². The molecule has 5 nitrogen and oxygen atoms in total. The largest absolute Gasteiger partial charge is 0.285 e. The first-order chi connectivity index (χ1) is 8.49. The summed E-state index contributed by atoms with van der Waals surface area (Å²) in [6, 6.07) is 0.147. The molecule has 2 fully saturated rings. The summed E-state index contributed by atoms with van der Waals surface area (Å²) in [5.41, 5.74) is 0. The second-order valence-electron chi connectivity index (χ2n) is 5.81. The lowest BCUT2D eigenvalue weighted by Gasteiger charge is -2.41. The van der Waals surface area contributed by atoms with Crippen molar-refractivity contribution in [2.75, 3.05) is 26.2 Å². The van der Waals surface area contributed by atoms with Gasteiger partial charge in [0.15, 0.2) is 0 Å². The van der Waals surface area contributed by atoms with Crippen molar-refractivity contribution in [1.82, 2.24) is 14.9 Å². The zero-order chi connectivity index (χ0) is 13.3. The molecule has 0 aromatic heterocycles. The summed E-state index contributed by atoms with van der Waals surface area (Å²) in [7, 11) is 0. The van der Waals surface area contributed by atoms with E-state index >= 15 is 0 Å². The van der Waals surface area contributed by atoms with E-state index < -0.39 is 0 Å². The van der Waals surface area contributed by atoms with Gasteiger partial charge in [-0.2, -0.15) is 0 Å². The van der Waals surface area contributed by atoms with Gasteiger partial charge in [0.2, 0.25) is 0 Å². The number of carbonyl (C=O) groups excluding carboxylic acids is 2. The van der Waals surface area contributed by atoms with Crippen molar-refractivity contribution >= 4 is 11.8 Å². The molecule has 0 aliphatic carbocycles. The number of hydrazine groups is 1. The zero-order valence-corrected chi connectivity index (χ0v) is 11.6. The summed E-state index contributed by atoms with van der Waals surface area (Å²) >= 11 is 0. The normalized spacial score (nSPS) is 26.6. The third-order valence-corrected chi connectivity index (χ3v) is 3.55. The van der Waals surface area contributed by atoms with Gasteiger partial charge in [0.05, 0.1) is 19.1 Å². The van der Waals surface area contributed by atoms with Gasteiger partial charge >= 0.3 is 0 Å². The fourth-order valence-electron chi connectivity index (χ4n) is 2.87. The van der Waals surface area contributed by atoms with E-state index in [4.69, 9.17) is 0 Å². The molecule has 0 aromatic rings. The first kappa shape index (κ1) is 13.3. The molecule has 0 N–H and O–H groups in total. The molecule has 1 atom stereocenters. The molecule has 102 valence electrons. The highest BCUT2D eigenvalue weighted by Gasteiger charge is 2.37. The summed E-state index contributed by atoms with van der Waals surface area (Å²) < 4.78 is 0. The van der Waals surface area contributed by atoms with E-state index in [1.807, 2.05) is 11.8 Å². The van der Waals surface area contributed by atoms with Gasteiger partial charge in [-0.3, -0.25) is 19.5 Å². The van der Waals surface area contributed by atoms with E-state index in [9.17, 15) is 9.59 Å². The number of nitrogens with zero attached hydrogens (tertiary/aromatic N) is 3. The zero-order valence-electron chi connectivity index (χ0n) is 11.6. The van der Waals surface area contributed by atoms with Crippen LogP contribution in [0.4, 0.5) is 0 Å². The number of hydrogen-bond acceptors (Lipinski definition) is 3. The Morgan fingerprint density at radius 1 is 1.22 bits per heavy atom. The Kier molecular flexibility index (Phi) is 3.90. The maximum absolute atomic E-state index is 12.3. The number of rotatable bonds is 2. The Labute approximate surface area is 109 Å². The predicted molar refractivity (Wildman–Crippen MR) is 68.5 cm³/mol. The van der Waals surface area contributed by atoms with Gasteiger partial charge in [0, 0.05) is 13.1 Å². The van der Waals surface area contributed by atoms with Crippen LogP contribution in [0.1, 0.15) is 33.6 Å². The van der Waals surface area contributed by atoms with Crippen LogP contribution in [0, 0.1) is 5.92 Å². The second kappa shape index (κ2) is 5.26. The van der Waals surface area contributed by atoms with Crippen LogP contribution in [0.5, 0.6) is 0 Å². The Bertz CT molecular complexity index is 343. The summed E-state index contributed by atoms with van der Waals surface area (Å²) in [6.45, 7) is 8.46. The standard InChI is InChI=1S/C13H23N3O2/c1-10(2)7-14-8-12(17)15-6-4-5-11(3)16(15)13(18)9-14/h10-11H,4-9H2,1-3H3/t11-/m1/s1. The second-order valence-corrected chi connectivity index (χ2v) is 5.81. The maximum atomic E-state index is 12.3. The third kappa shape index (κ3) is 2.66. The van der Waals surface area contributed by atoms with Crippen LogP contribution in [-0.4, -0.2) is 59.0 Å². The Balaban J connectivity index is 2.16. The quantitative estimate of drug-likeness (QED) is 0.728. The molecule has 2 saturated heterocycles. The predicted octanol–water partition coefficient (Wildman–Crippen LogP) is 0.712. The van der Waals surface area contributed by atoms with Crippen LogP contribution in [-0.2, 0) is 9.59 Å². The summed E-state index contributed by atoms with van der Waals surface area (Å²) in [6.07, 6.45) is 1.97. The lowest BCUT2D eigenvalue weighted by atomic mass is 10.1. The van der Waals surface area contributed by atoms with Gasteiger partial charge in [0.1, 0.15) is 0 Å². The van der Waals surface area contributed by atoms with Crippen molar-refractivity contribution < 1.29 is 9.59 Å². The van der Waals surface area contributed by atoms with Crippen molar-refractivity contribution in [3.8, 4) is 0 Å². The first-order valence-electron chi connectivity index (χ1n) is 6.83. The van der Waals surface area contributed by atoms with Gasteiger partial charge in [-0.1, -0.05) is 13.8 Å². The molecule has 2 heterocycles. The minimum Gasteiger partial charge on any atom is -0.285 e. The first-order valence-corrected chi connectivity index (χ1v) is 6.83. The van der Waals surface area contributed by atoms with Crippen molar-refractivity contribution in [1.29, 1.82) is 0 Å². The number of fused-ring (bicyclic) bond motifs is 1. The maximum Gasteiger partial charge on any atom is 0.255 e. The van der Waals surface area contributed by atoms with Crippen LogP contribution in [0.2, 0.25) is 0 Å². The van der Waals surface area contributed by atoms with Crippen LogP contribution < -0.4 is 0 Å². The molecule has 5 heteroatoms. The van der Waals surface area contributed by atoms with Crippen molar-refractivity contribution in [2.45, 2.75) is 39.7 Å². The molecule has 0 bridgehead atoms. The smallest absolute Gasteiger partial charge is 0.255 e. The Morgan fingerprint density at radius 3 is 2.56 bits per heavy atom. The molecule has 18 heavy (non-hydrogen) atoms. The molecule has 0 unspecified atom stereocenters. The van der Waals surface area contributed by atoms with E-state index in [1.165, 1.54) is 0 Å². The van der Waals surface area contributed by atoms with E-state index in [1.54, 1.807) is 10.0 Å². The number of hydrogen-bond donors (Lipinski definition) is 0. The minimum absolute atomic E-state index is 0.0630. The van der Waals surface area contributed by atoms with Crippen molar-refractivity contribution in [3.05, 3.63) is 0 Å². The molecule has 2 aliphatic heterocycles. The summed E-state index contributed by atoms with van der Waals surface area (Å²) in [4.78, 5) is 26.5. The topological polar surface area (TPSA) is 43.9 Å². The molecule has 2 amide bonds. The van der Waals surface area contributed by atoms with E-state index in [2.05, 4.69) is 13.8 Å². The lowest BCUT2D eigenvalue weighted by Crippen LogP contribution is -2.56. The van der Waals surface area contributed by atoms with E-state index in [0.717, 1.165) is 19.4 Å². The average molecular weight is 253 g/mol. The number of carbonyl (C=O) groups is 2. The van der Waals surface area contributed by atoms with Crippen LogP contribution >= 0.6 is 0 Å². The van der Waals surface area contributed by atoms with E-state index in [-0.39, 0.29) is 17.9 Å². The SMILES string of the molecule is CC(C)CN1CC(=O)N2CCC[C@@H](C)N2C(=O)C1. The van der Waals surface area contributed by atoms with Gasteiger partial charge in [-0.15, -0.1) is 0 Å². The number of amides is 2. The molecular weight excluding hydrogens is 230 g/mol. The van der Waals surface area contributed by atoms with Crippen LogP contribution in [0.15, 0.2) is 0 Å². The lowest BCUT2D eigenvalue weighted by molar-refractivity contribution is -0.169. The molecule has 0 saturated carbocycles. The summed E-state index contributed by atoms with van der Waals surface area (Å²) in [5.74, 6) is 0.593. The Morgan fingerprint density at radius 2 is 1.89 bits per heavy atom. The third-order valence-electron chi connectivity index (χ3n) is 3.55. The monoisotopic (exact) mass is 253 g/mol. The molecule has 2 rings (SSSR count). The van der Waals surface area contributed by atoms with Crippen molar-refractivity contribution in [3.63, 3.8) is 0 Å². The van der Waals surface area contributed by atoms with E-state index in [0.29, 0.717) is 25.6 Å². The molecule has 0 aromatic carbocycles. The van der Waals surface area contributed by atoms with Gasteiger partial charge in [-0.25, -0.2) is 5.01 Å². The van der Waals surface area contributed by atoms with Gasteiger partial charge in [0.25, 0.3) is 11.8 Å². The van der Waals surface area contributed by atoms with Crippen LogP contribution in [0.3, 0.4) is 0 Å². The molecule has 0 spiro atoms. The molecular formula is C13H23N3O2. The minimum atomic E-state index is 0.0630. The molecule has 0 radical (unpaired) electrons. The fraction of sp³-hybridized carbons (Fsp3) is 0.846. The summed E-state index contributed by atoms with van der Waals surface area (Å²) in [5, 5.41) is 3.35.